The summed E-state index contributed by atoms with van der Waals surface area (Å²) >= 11 is 0. The minimum atomic E-state index is 0.331. The van der Waals surface area contributed by atoms with E-state index in [1.54, 1.807) is 0 Å². The van der Waals surface area contributed by atoms with Crippen LogP contribution in [0.25, 0.3) is 10.9 Å². The standard InChI is InChI=1S/C13H17NO/c1-8(2)13-9(3)5-6-11-10(13)7-12(15)14(11)4/h5-8,15H,1-4H3. The molecule has 0 fully saturated rings. The van der Waals surface area contributed by atoms with Crippen LogP contribution in [-0.4, -0.2) is 9.67 Å². The van der Waals surface area contributed by atoms with Crippen LogP contribution in [0.3, 0.4) is 0 Å². The van der Waals surface area contributed by atoms with Gasteiger partial charge in [-0.05, 0) is 30.0 Å². The van der Waals surface area contributed by atoms with Crippen LogP contribution in [0.1, 0.15) is 30.9 Å². The van der Waals surface area contributed by atoms with Gasteiger partial charge in [0.05, 0.1) is 5.52 Å². The fraction of sp³-hybridized carbons (Fsp3) is 0.385. The summed E-state index contributed by atoms with van der Waals surface area (Å²) in [5, 5.41) is 10.9. The lowest BCUT2D eigenvalue weighted by Crippen LogP contribution is -1.94. The highest BCUT2D eigenvalue weighted by Crippen LogP contribution is 2.32. The smallest absolute Gasteiger partial charge is 0.191 e. The van der Waals surface area contributed by atoms with Gasteiger partial charge in [0.25, 0.3) is 0 Å². The zero-order valence-corrected chi connectivity index (χ0v) is 9.70. The largest absolute Gasteiger partial charge is 0.494 e. The number of hydrogen-bond donors (Lipinski definition) is 1. The Balaban J connectivity index is 2.88. The summed E-state index contributed by atoms with van der Waals surface area (Å²) in [5.41, 5.74) is 3.73. The Labute approximate surface area is 90.2 Å². The monoisotopic (exact) mass is 203 g/mol. The van der Waals surface area contributed by atoms with E-state index in [9.17, 15) is 5.11 Å². The van der Waals surface area contributed by atoms with Crippen molar-refractivity contribution in [1.29, 1.82) is 0 Å². The fourth-order valence-electron chi connectivity index (χ4n) is 2.29. The lowest BCUT2D eigenvalue weighted by atomic mass is 9.94. The molecule has 1 aromatic carbocycles. The van der Waals surface area contributed by atoms with Crippen LogP contribution in [0.4, 0.5) is 0 Å². The first kappa shape index (κ1) is 10.1. The maximum Gasteiger partial charge on any atom is 0.191 e. The molecule has 0 spiro atoms. The van der Waals surface area contributed by atoms with Crippen molar-refractivity contribution in [3.8, 4) is 5.88 Å². The Hall–Kier alpha value is -1.44. The Morgan fingerprint density at radius 2 is 1.93 bits per heavy atom. The normalized spacial score (nSPS) is 11.5. The Kier molecular flexibility index (Phi) is 2.22. The summed E-state index contributed by atoms with van der Waals surface area (Å²) in [5.74, 6) is 0.813. The minimum absolute atomic E-state index is 0.331. The lowest BCUT2D eigenvalue weighted by Gasteiger charge is -2.11. The molecule has 0 aliphatic heterocycles. The van der Waals surface area contributed by atoms with Crippen molar-refractivity contribution < 1.29 is 5.11 Å². The van der Waals surface area contributed by atoms with E-state index in [0.29, 0.717) is 11.8 Å². The van der Waals surface area contributed by atoms with Gasteiger partial charge in [-0.1, -0.05) is 19.9 Å². The first-order chi connectivity index (χ1) is 7.02. The van der Waals surface area contributed by atoms with Crippen molar-refractivity contribution in [2.45, 2.75) is 26.7 Å². The molecule has 0 bridgehead atoms. The van der Waals surface area contributed by atoms with E-state index in [1.807, 2.05) is 17.7 Å². The molecule has 0 saturated heterocycles. The second-order valence-electron chi connectivity index (χ2n) is 4.45. The van der Waals surface area contributed by atoms with Gasteiger partial charge in [-0.15, -0.1) is 0 Å². The second kappa shape index (κ2) is 3.30. The quantitative estimate of drug-likeness (QED) is 0.755. The number of nitrogens with zero attached hydrogens (tertiary/aromatic N) is 1. The van der Waals surface area contributed by atoms with Crippen LogP contribution in [-0.2, 0) is 7.05 Å². The number of rotatable bonds is 1. The third-order valence-electron chi connectivity index (χ3n) is 3.04. The summed E-state index contributed by atoms with van der Waals surface area (Å²) < 4.78 is 1.82. The molecule has 0 aliphatic carbocycles. The highest BCUT2D eigenvalue weighted by molar-refractivity contribution is 5.87. The number of fused-ring (bicyclic) bond motifs is 1. The highest BCUT2D eigenvalue weighted by Gasteiger charge is 2.12. The van der Waals surface area contributed by atoms with Crippen molar-refractivity contribution in [3.05, 3.63) is 29.3 Å². The molecule has 2 nitrogen and oxygen atoms in total. The van der Waals surface area contributed by atoms with Gasteiger partial charge in [-0.2, -0.15) is 0 Å². The van der Waals surface area contributed by atoms with Gasteiger partial charge in [0.1, 0.15) is 0 Å². The van der Waals surface area contributed by atoms with Gasteiger partial charge < -0.3 is 9.67 Å². The van der Waals surface area contributed by atoms with E-state index in [2.05, 4.69) is 32.9 Å². The van der Waals surface area contributed by atoms with E-state index < -0.39 is 0 Å². The predicted octanol–water partition coefficient (Wildman–Crippen LogP) is 3.32. The average Bonchev–Trinajstić information content (AvgIpc) is 2.42. The van der Waals surface area contributed by atoms with Crippen LogP contribution in [0.5, 0.6) is 5.88 Å². The molecule has 0 unspecified atom stereocenters. The molecule has 2 aromatic rings. The third-order valence-corrected chi connectivity index (χ3v) is 3.04. The maximum absolute atomic E-state index is 9.70. The van der Waals surface area contributed by atoms with Crippen LogP contribution in [0.15, 0.2) is 18.2 Å². The fourth-order valence-corrected chi connectivity index (χ4v) is 2.29. The van der Waals surface area contributed by atoms with Gasteiger partial charge in [-0.25, -0.2) is 0 Å². The van der Waals surface area contributed by atoms with Crippen molar-refractivity contribution in [2.24, 2.45) is 7.05 Å². The average molecular weight is 203 g/mol. The number of aryl methyl sites for hydroxylation is 2. The third kappa shape index (κ3) is 1.41. The van der Waals surface area contributed by atoms with Crippen molar-refractivity contribution >= 4 is 10.9 Å². The van der Waals surface area contributed by atoms with E-state index in [0.717, 1.165) is 5.52 Å². The Morgan fingerprint density at radius 1 is 1.27 bits per heavy atom. The Bertz CT molecular complexity index is 509. The van der Waals surface area contributed by atoms with E-state index in [4.69, 9.17) is 0 Å². The molecule has 0 radical (unpaired) electrons. The van der Waals surface area contributed by atoms with Gasteiger partial charge >= 0.3 is 0 Å². The summed E-state index contributed by atoms with van der Waals surface area (Å²) in [6, 6.07) is 6.05. The zero-order chi connectivity index (χ0) is 11.2. The van der Waals surface area contributed by atoms with E-state index in [1.165, 1.54) is 16.5 Å². The van der Waals surface area contributed by atoms with E-state index >= 15 is 0 Å². The van der Waals surface area contributed by atoms with Gasteiger partial charge in [-0.3, -0.25) is 0 Å². The molecular formula is C13H17NO. The zero-order valence-electron chi connectivity index (χ0n) is 9.70. The maximum atomic E-state index is 9.70. The molecule has 80 valence electrons. The number of hydrogen-bond acceptors (Lipinski definition) is 1. The van der Waals surface area contributed by atoms with Gasteiger partial charge in [0.15, 0.2) is 5.88 Å². The van der Waals surface area contributed by atoms with Crippen LogP contribution in [0, 0.1) is 6.92 Å². The molecular weight excluding hydrogens is 186 g/mol. The van der Waals surface area contributed by atoms with Crippen molar-refractivity contribution in [3.63, 3.8) is 0 Å². The first-order valence-electron chi connectivity index (χ1n) is 5.30. The van der Waals surface area contributed by atoms with E-state index in [-0.39, 0.29) is 0 Å². The van der Waals surface area contributed by atoms with Crippen molar-refractivity contribution in [2.75, 3.05) is 0 Å². The molecule has 0 atom stereocenters. The second-order valence-corrected chi connectivity index (χ2v) is 4.45. The van der Waals surface area contributed by atoms with Crippen LogP contribution in [0.2, 0.25) is 0 Å². The molecule has 0 amide bonds. The van der Waals surface area contributed by atoms with Crippen LogP contribution >= 0.6 is 0 Å². The lowest BCUT2D eigenvalue weighted by molar-refractivity contribution is 0.435. The molecule has 0 aliphatic rings. The summed E-state index contributed by atoms with van der Waals surface area (Å²) in [4.78, 5) is 0. The summed E-state index contributed by atoms with van der Waals surface area (Å²) in [6.45, 7) is 6.50. The first-order valence-corrected chi connectivity index (χ1v) is 5.30. The molecule has 2 heteroatoms. The number of aromatic nitrogens is 1. The SMILES string of the molecule is Cc1ccc2c(cc(O)n2C)c1C(C)C. The highest BCUT2D eigenvalue weighted by atomic mass is 16.3. The molecule has 0 saturated carbocycles. The van der Waals surface area contributed by atoms with Crippen molar-refractivity contribution in [1.82, 2.24) is 4.57 Å². The summed E-state index contributed by atoms with van der Waals surface area (Å²) in [7, 11) is 1.89. The molecule has 2 rings (SSSR count). The minimum Gasteiger partial charge on any atom is -0.494 e. The molecule has 1 heterocycles. The Morgan fingerprint density at radius 3 is 2.53 bits per heavy atom. The van der Waals surface area contributed by atoms with Gasteiger partial charge in [0.2, 0.25) is 0 Å². The number of benzene rings is 1. The van der Waals surface area contributed by atoms with Gasteiger partial charge in [0, 0.05) is 18.5 Å². The predicted molar refractivity (Wildman–Crippen MR) is 63.4 cm³/mol. The van der Waals surface area contributed by atoms with Crippen LogP contribution < -0.4 is 0 Å². The molecule has 15 heavy (non-hydrogen) atoms. The number of aromatic hydroxyl groups is 1. The molecule has 1 N–H and O–H groups in total. The topological polar surface area (TPSA) is 25.2 Å². The summed E-state index contributed by atoms with van der Waals surface area (Å²) in [6.07, 6.45) is 0. The molecule has 1 aromatic heterocycles.